The van der Waals surface area contributed by atoms with E-state index in [0.717, 1.165) is 63.2 Å². The molecule has 0 bridgehead atoms. The molecule has 0 radical (unpaired) electrons. The minimum atomic E-state index is -3.77. The van der Waals surface area contributed by atoms with Crippen molar-refractivity contribution in [3.63, 3.8) is 0 Å². The van der Waals surface area contributed by atoms with Crippen LogP contribution in [0.15, 0.2) is 24.3 Å². The Balaban J connectivity index is 1.38. The normalized spacial score (nSPS) is 23.2. The van der Waals surface area contributed by atoms with Crippen molar-refractivity contribution < 1.29 is 23.4 Å². The molecule has 2 fully saturated rings. The Hall–Kier alpha value is -2.91. The summed E-state index contributed by atoms with van der Waals surface area (Å²) in [5.74, 6) is -2.22. The van der Waals surface area contributed by atoms with Crippen LogP contribution in [0, 0.1) is 30.5 Å². The summed E-state index contributed by atoms with van der Waals surface area (Å²) >= 11 is 0. The van der Waals surface area contributed by atoms with Gasteiger partial charge >= 0.3 is 5.92 Å². The zero-order valence-electron chi connectivity index (χ0n) is 22.7. The first-order valence-corrected chi connectivity index (χ1v) is 13.8. The van der Waals surface area contributed by atoms with E-state index in [0.29, 0.717) is 29.4 Å². The van der Waals surface area contributed by atoms with Crippen molar-refractivity contribution in [1.29, 1.82) is 0 Å². The van der Waals surface area contributed by atoms with Gasteiger partial charge in [0, 0.05) is 36.3 Å². The summed E-state index contributed by atoms with van der Waals surface area (Å²) in [6, 6.07) is 5.33. The average Bonchev–Trinajstić information content (AvgIpc) is 3.20. The maximum absolute atomic E-state index is 15.5. The molecule has 1 aliphatic heterocycles. The first kappa shape index (κ1) is 26.3. The molecule has 1 saturated heterocycles. The predicted octanol–water partition coefficient (Wildman–Crippen LogP) is 5.28. The van der Waals surface area contributed by atoms with Gasteiger partial charge in [-0.15, -0.1) is 0 Å². The van der Waals surface area contributed by atoms with E-state index in [1.807, 2.05) is 6.92 Å². The Labute approximate surface area is 226 Å². The lowest BCUT2D eigenvalue weighted by Crippen LogP contribution is -2.41. The summed E-state index contributed by atoms with van der Waals surface area (Å²) < 4.78 is 45.3. The van der Waals surface area contributed by atoms with Crippen molar-refractivity contribution in [3.05, 3.63) is 58.2 Å². The lowest BCUT2D eigenvalue weighted by Gasteiger charge is -2.30. The lowest BCUT2D eigenvalue weighted by molar-refractivity contribution is -0.170. The third kappa shape index (κ3) is 4.16. The summed E-state index contributed by atoms with van der Waals surface area (Å²) in [6.45, 7) is 7.57. The van der Waals surface area contributed by atoms with Crippen LogP contribution in [-0.4, -0.2) is 45.5 Å². The first-order valence-electron chi connectivity index (χ1n) is 13.8. The second-order valence-electron chi connectivity index (χ2n) is 12.0. The SMILES string of the molecule is Cc1nc(N[C@H](C)c2cccc(C(F)(F)C(C)(C)O)c2F)c2cc(N3C[C@@H]4C(CO)[C@@H]4C3)c3c(c2n1)CCC3. The smallest absolute Gasteiger partial charge is 0.303 e. The molecule has 208 valence electrons. The molecular weight excluding hydrogens is 505 g/mol. The summed E-state index contributed by atoms with van der Waals surface area (Å²) in [4.78, 5) is 11.9. The summed E-state index contributed by atoms with van der Waals surface area (Å²) in [6.07, 6.45) is 2.97. The van der Waals surface area contributed by atoms with Gasteiger partial charge in [-0.25, -0.2) is 14.4 Å². The van der Waals surface area contributed by atoms with Crippen LogP contribution in [0.3, 0.4) is 0 Å². The molecule has 2 aromatic carbocycles. The van der Waals surface area contributed by atoms with Gasteiger partial charge in [0.05, 0.1) is 17.1 Å². The van der Waals surface area contributed by atoms with Crippen molar-refractivity contribution in [3.8, 4) is 0 Å². The zero-order chi connectivity index (χ0) is 27.9. The third-order valence-corrected chi connectivity index (χ3v) is 9.03. The van der Waals surface area contributed by atoms with Crippen LogP contribution in [0.25, 0.3) is 10.9 Å². The standard InChI is InChI=1S/C30H35F3N4O2/c1-15(17-7-6-10-24(26(17)31)30(32,33)29(3,4)39)34-28-20-11-25(37-12-21-22(13-37)23(21)14-38)18-8-5-9-19(18)27(20)35-16(2)36-28/h6-7,10-11,15,21-23,38-39H,5,8-9,12-14H2,1-4H3,(H,34,35,36)/t15-,21-,22+,23?/m1/s1. The van der Waals surface area contributed by atoms with Crippen LogP contribution in [0.4, 0.5) is 24.7 Å². The maximum atomic E-state index is 15.5. The van der Waals surface area contributed by atoms with Gasteiger partial charge in [-0.1, -0.05) is 12.1 Å². The number of fused-ring (bicyclic) bond motifs is 4. The van der Waals surface area contributed by atoms with E-state index in [1.165, 1.54) is 28.9 Å². The molecule has 2 heterocycles. The van der Waals surface area contributed by atoms with E-state index in [1.54, 1.807) is 6.92 Å². The number of hydrogen-bond donors (Lipinski definition) is 3. The van der Waals surface area contributed by atoms with Gasteiger partial charge in [0.25, 0.3) is 0 Å². The molecule has 39 heavy (non-hydrogen) atoms. The Morgan fingerprint density at radius 3 is 2.49 bits per heavy atom. The highest BCUT2D eigenvalue weighted by atomic mass is 19.3. The number of aliphatic hydroxyl groups excluding tert-OH is 1. The number of aliphatic hydroxyl groups is 2. The Kier molecular flexibility index (Phi) is 6.11. The Morgan fingerprint density at radius 1 is 1.13 bits per heavy atom. The van der Waals surface area contributed by atoms with Crippen molar-refractivity contribution in [1.82, 2.24) is 9.97 Å². The van der Waals surface area contributed by atoms with Crippen LogP contribution >= 0.6 is 0 Å². The highest BCUT2D eigenvalue weighted by molar-refractivity contribution is 5.96. The summed E-state index contributed by atoms with van der Waals surface area (Å²) in [5.41, 5.74) is 1.42. The molecule has 3 aromatic rings. The predicted molar refractivity (Wildman–Crippen MR) is 145 cm³/mol. The number of rotatable bonds is 7. The van der Waals surface area contributed by atoms with Crippen LogP contribution < -0.4 is 10.2 Å². The monoisotopic (exact) mass is 540 g/mol. The molecule has 6 nitrogen and oxygen atoms in total. The van der Waals surface area contributed by atoms with Crippen LogP contribution in [0.2, 0.25) is 0 Å². The van der Waals surface area contributed by atoms with E-state index in [4.69, 9.17) is 4.98 Å². The fraction of sp³-hybridized carbons (Fsp3) is 0.533. The fourth-order valence-corrected chi connectivity index (χ4v) is 6.71. The minimum Gasteiger partial charge on any atom is -0.396 e. The summed E-state index contributed by atoms with van der Waals surface area (Å²) in [7, 11) is 0. The number of halogens is 3. The number of piperidine rings is 1. The fourth-order valence-electron chi connectivity index (χ4n) is 6.71. The van der Waals surface area contributed by atoms with Gasteiger partial charge in [0.1, 0.15) is 23.1 Å². The van der Waals surface area contributed by atoms with Crippen molar-refractivity contribution in [2.24, 2.45) is 17.8 Å². The van der Waals surface area contributed by atoms with Gasteiger partial charge in [0.2, 0.25) is 0 Å². The highest BCUT2D eigenvalue weighted by Gasteiger charge is 2.55. The van der Waals surface area contributed by atoms with Gasteiger partial charge in [0.15, 0.2) is 0 Å². The molecule has 1 aromatic heterocycles. The number of alkyl halides is 2. The number of nitrogens with zero attached hydrogens (tertiary/aromatic N) is 3. The van der Waals surface area contributed by atoms with Crippen LogP contribution in [-0.2, 0) is 18.8 Å². The van der Waals surface area contributed by atoms with Crippen molar-refractivity contribution in [2.45, 2.75) is 64.5 Å². The van der Waals surface area contributed by atoms with E-state index >= 15 is 4.39 Å². The van der Waals surface area contributed by atoms with Gasteiger partial charge in [-0.3, -0.25) is 0 Å². The molecule has 2 aliphatic carbocycles. The quantitative estimate of drug-likeness (QED) is 0.379. The topological polar surface area (TPSA) is 81.5 Å². The molecule has 4 atom stereocenters. The Morgan fingerprint density at radius 2 is 1.82 bits per heavy atom. The van der Waals surface area contributed by atoms with Crippen LogP contribution in [0.5, 0.6) is 0 Å². The summed E-state index contributed by atoms with van der Waals surface area (Å²) in [5, 5.41) is 23.7. The van der Waals surface area contributed by atoms with Gasteiger partial charge in [-0.2, -0.15) is 8.78 Å². The molecule has 0 spiro atoms. The maximum Gasteiger partial charge on any atom is 0.303 e. The number of anilines is 2. The number of benzene rings is 2. The highest BCUT2D eigenvalue weighted by Crippen LogP contribution is 2.53. The largest absolute Gasteiger partial charge is 0.396 e. The number of aromatic nitrogens is 2. The number of nitrogens with one attached hydrogen (secondary N) is 1. The van der Waals surface area contributed by atoms with Gasteiger partial charge < -0.3 is 20.4 Å². The molecule has 3 N–H and O–H groups in total. The molecule has 0 amide bonds. The second-order valence-corrected chi connectivity index (χ2v) is 12.0. The van der Waals surface area contributed by atoms with Crippen LogP contribution in [0.1, 0.15) is 61.3 Å². The van der Waals surface area contributed by atoms with E-state index < -0.39 is 28.9 Å². The average molecular weight is 541 g/mol. The second kappa shape index (κ2) is 9.06. The van der Waals surface area contributed by atoms with E-state index in [2.05, 4.69) is 21.3 Å². The van der Waals surface area contributed by atoms with Crippen molar-refractivity contribution >= 4 is 22.4 Å². The minimum absolute atomic E-state index is 0.0666. The third-order valence-electron chi connectivity index (χ3n) is 9.03. The van der Waals surface area contributed by atoms with Gasteiger partial charge in [-0.05, 0) is 88.0 Å². The molecule has 3 aliphatic rings. The lowest BCUT2D eigenvalue weighted by atomic mass is 9.91. The molecule has 6 rings (SSSR count). The first-order chi connectivity index (χ1) is 18.4. The molecule has 1 unspecified atom stereocenters. The van der Waals surface area contributed by atoms with E-state index in [-0.39, 0.29) is 12.2 Å². The number of hydrogen-bond acceptors (Lipinski definition) is 6. The number of aryl methyl sites for hydroxylation is 2. The van der Waals surface area contributed by atoms with E-state index in [9.17, 15) is 19.0 Å². The molecule has 9 heteroatoms. The zero-order valence-corrected chi connectivity index (χ0v) is 22.7. The molecule has 1 saturated carbocycles. The Bertz CT molecular complexity index is 1440. The molecular formula is C30H35F3N4O2. The van der Waals surface area contributed by atoms with Crippen molar-refractivity contribution in [2.75, 3.05) is 29.9 Å².